The fourth-order valence-electron chi connectivity index (χ4n) is 2.41. The van der Waals surface area contributed by atoms with Crippen LogP contribution in [-0.2, 0) is 9.05 Å². The summed E-state index contributed by atoms with van der Waals surface area (Å²) in [5.41, 5.74) is 5.91. The van der Waals surface area contributed by atoms with Gasteiger partial charge in [0.1, 0.15) is 4.90 Å². The van der Waals surface area contributed by atoms with Crippen LogP contribution in [0.3, 0.4) is 0 Å². The first kappa shape index (κ1) is 13.8. The number of ketones is 2. The van der Waals surface area contributed by atoms with Crippen LogP contribution in [-0.4, -0.2) is 20.0 Å². The molecule has 7 heteroatoms. The number of benzene rings is 2. The zero-order valence-electron chi connectivity index (χ0n) is 10.5. The molecule has 0 heterocycles. The summed E-state index contributed by atoms with van der Waals surface area (Å²) < 4.78 is 22.9. The maximum absolute atomic E-state index is 12.5. The van der Waals surface area contributed by atoms with E-state index < -0.39 is 14.8 Å². The quantitative estimate of drug-likeness (QED) is 0.546. The number of hydrogen-bond donors (Lipinski definition) is 1. The highest BCUT2D eigenvalue weighted by molar-refractivity contribution is 8.13. The van der Waals surface area contributed by atoms with Crippen molar-refractivity contribution >= 4 is 37.0 Å². The van der Waals surface area contributed by atoms with E-state index in [1.165, 1.54) is 12.1 Å². The predicted molar refractivity (Wildman–Crippen MR) is 77.2 cm³/mol. The minimum absolute atomic E-state index is 0.0836. The molecular weight excluding hydrogens is 314 g/mol. The third-order valence-corrected chi connectivity index (χ3v) is 4.74. The molecule has 3 rings (SSSR count). The summed E-state index contributed by atoms with van der Waals surface area (Å²) in [7, 11) is 1.19. The van der Waals surface area contributed by atoms with Crippen LogP contribution in [0.25, 0.3) is 0 Å². The Labute approximate surface area is 124 Å². The van der Waals surface area contributed by atoms with Crippen molar-refractivity contribution in [2.45, 2.75) is 4.90 Å². The van der Waals surface area contributed by atoms with Gasteiger partial charge < -0.3 is 5.73 Å². The fraction of sp³-hybridized carbons (Fsp3) is 0. The van der Waals surface area contributed by atoms with E-state index >= 15 is 0 Å². The second kappa shape index (κ2) is 4.41. The van der Waals surface area contributed by atoms with Crippen molar-refractivity contribution in [3.63, 3.8) is 0 Å². The minimum Gasteiger partial charge on any atom is -0.397 e. The number of fused-ring (bicyclic) bond motifs is 2. The molecule has 0 radical (unpaired) electrons. The summed E-state index contributed by atoms with van der Waals surface area (Å²) in [5, 5.41) is 0. The lowest BCUT2D eigenvalue weighted by atomic mass is 9.83. The van der Waals surface area contributed by atoms with E-state index in [1.807, 2.05) is 0 Å². The molecule has 0 spiro atoms. The molecule has 2 aromatic carbocycles. The molecule has 0 fully saturated rings. The Bertz CT molecular complexity index is 919. The van der Waals surface area contributed by atoms with Crippen LogP contribution in [0.4, 0.5) is 5.69 Å². The van der Waals surface area contributed by atoms with Crippen LogP contribution in [0.5, 0.6) is 0 Å². The Morgan fingerprint density at radius 3 is 2.00 bits per heavy atom. The van der Waals surface area contributed by atoms with Gasteiger partial charge in [0.25, 0.3) is 9.05 Å². The zero-order chi connectivity index (χ0) is 15.4. The Balaban J connectivity index is 2.37. The number of hydrogen-bond acceptors (Lipinski definition) is 5. The van der Waals surface area contributed by atoms with Crippen molar-refractivity contribution < 1.29 is 18.0 Å². The molecule has 2 N–H and O–H groups in total. The maximum Gasteiger partial charge on any atom is 0.263 e. The summed E-state index contributed by atoms with van der Waals surface area (Å²) >= 11 is 0. The lowest BCUT2D eigenvalue weighted by molar-refractivity contribution is 0.0979. The number of carbonyl (C=O) groups excluding carboxylic acids is 2. The molecule has 2 aromatic rings. The van der Waals surface area contributed by atoms with Crippen molar-refractivity contribution in [3.8, 4) is 0 Å². The Morgan fingerprint density at radius 1 is 0.857 bits per heavy atom. The van der Waals surface area contributed by atoms with Crippen LogP contribution >= 0.6 is 10.7 Å². The van der Waals surface area contributed by atoms with E-state index in [1.54, 1.807) is 18.2 Å². The SMILES string of the molecule is Nc1c(S(=O)(=O)Cl)ccc2c1C(=O)c1ccccc1C2=O. The normalized spacial score (nSPS) is 13.8. The molecule has 0 aromatic heterocycles. The van der Waals surface area contributed by atoms with Gasteiger partial charge in [-0.3, -0.25) is 9.59 Å². The zero-order valence-corrected chi connectivity index (χ0v) is 12.0. The van der Waals surface area contributed by atoms with E-state index in [9.17, 15) is 18.0 Å². The van der Waals surface area contributed by atoms with Gasteiger partial charge in [0.05, 0.1) is 11.3 Å². The van der Waals surface area contributed by atoms with Crippen LogP contribution in [0.1, 0.15) is 31.8 Å². The van der Waals surface area contributed by atoms with Gasteiger partial charge in [0.15, 0.2) is 11.6 Å². The fourth-order valence-corrected chi connectivity index (χ4v) is 3.40. The van der Waals surface area contributed by atoms with E-state index in [4.69, 9.17) is 16.4 Å². The van der Waals surface area contributed by atoms with Gasteiger partial charge in [-0.15, -0.1) is 0 Å². The van der Waals surface area contributed by atoms with Crippen LogP contribution in [0.15, 0.2) is 41.3 Å². The Hall–Kier alpha value is -2.18. The van der Waals surface area contributed by atoms with E-state index in [0.717, 1.165) is 6.07 Å². The second-order valence-electron chi connectivity index (χ2n) is 4.54. The molecular formula is C14H8ClNO4S. The van der Waals surface area contributed by atoms with E-state index in [2.05, 4.69) is 0 Å². The molecule has 5 nitrogen and oxygen atoms in total. The topological polar surface area (TPSA) is 94.3 Å². The molecule has 0 aliphatic heterocycles. The van der Waals surface area contributed by atoms with Gasteiger partial charge in [-0.1, -0.05) is 24.3 Å². The van der Waals surface area contributed by atoms with Crippen molar-refractivity contribution in [1.29, 1.82) is 0 Å². The first-order valence-electron chi connectivity index (χ1n) is 5.88. The van der Waals surface area contributed by atoms with Gasteiger partial charge in [0, 0.05) is 27.4 Å². The minimum atomic E-state index is -4.10. The number of nitrogen functional groups attached to an aromatic ring is 1. The molecule has 0 atom stereocenters. The summed E-state index contributed by atoms with van der Waals surface area (Å²) in [6, 6.07) is 8.71. The summed E-state index contributed by atoms with van der Waals surface area (Å²) in [5.74, 6) is -0.856. The molecule has 0 unspecified atom stereocenters. The van der Waals surface area contributed by atoms with Crippen LogP contribution in [0, 0.1) is 0 Å². The van der Waals surface area contributed by atoms with Gasteiger partial charge in [-0.2, -0.15) is 0 Å². The average molecular weight is 322 g/mol. The van der Waals surface area contributed by atoms with Gasteiger partial charge >= 0.3 is 0 Å². The van der Waals surface area contributed by atoms with Gasteiger partial charge in [-0.05, 0) is 12.1 Å². The van der Waals surface area contributed by atoms with Crippen molar-refractivity contribution in [2.75, 3.05) is 5.73 Å². The highest BCUT2D eigenvalue weighted by Gasteiger charge is 2.33. The number of anilines is 1. The molecule has 106 valence electrons. The van der Waals surface area contributed by atoms with E-state index in [0.29, 0.717) is 0 Å². The van der Waals surface area contributed by atoms with Crippen molar-refractivity contribution in [2.24, 2.45) is 0 Å². The number of rotatable bonds is 1. The summed E-state index contributed by atoms with van der Waals surface area (Å²) in [6.45, 7) is 0. The highest BCUT2D eigenvalue weighted by atomic mass is 35.7. The monoisotopic (exact) mass is 321 g/mol. The van der Waals surface area contributed by atoms with Gasteiger partial charge in [0.2, 0.25) is 0 Å². The number of carbonyl (C=O) groups is 2. The highest BCUT2D eigenvalue weighted by Crippen LogP contribution is 2.35. The second-order valence-corrected chi connectivity index (χ2v) is 7.08. The van der Waals surface area contributed by atoms with Crippen molar-refractivity contribution in [3.05, 3.63) is 58.7 Å². The Morgan fingerprint density at radius 2 is 1.43 bits per heavy atom. The summed E-state index contributed by atoms with van der Waals surface area (Å²) in [4.78, 5) is 24.5. The number of nitrogens with two attached hydrogens (primary N) is 1. The van der Waals surface area contributed by atoms with E-state index in [-0.39, 0.29) is 38.6 Å². The molecule has 1 aliphatic carbocycles. The standard InChI is InChI=1S/C14H8ClNO4S/c15-21(19,20)10-6-5-9-11(12(10)16)14(18)8-4-2-1-3-7(8)13(9)17/h1-6H,16H2. The molecule has 1 aliphatic rings. The average Bonchev–Trinajstić information content (AvgIpc) is 2.43. The maximum atomic E-state index is 12.5. The lowest BCUT2D eigenvalue weighted by Crippen LogP contribution is -2.23. The van der Waals surface area contributed by atoms with Crippen molar-refractivity contribution in [1.82, 2.24) is 0 Å². The largest absolute Gasteiger partial charge is 0.397 e. The molecule has 0 saturated heterocycles. The van der Waals surface area contributed by atoms with Gasteiger partial charge in [-0.25, -0.2) is 8.42 Å². The van der Waals surface area contributed by atoms with Crippen LogP contribution in [0.2, 0.25) is 0 Å². The molecule has 0 saturated carbocycles. The first-order chi connectivity index (χ1) is 9.82. The third-order valence-electron chi connectivity index (χ3n) is 3.36. The first-order valence-corrected chi connectivity index (χ1v) is 8.19. The molecule has 0 amide bonds. The Kier molecular flexibility index (Phi) is 2.89. The third kappa shape index (κ3) is 1.95. The predicted octanol–water partition coefficient (Wildman–Crippen LogP) is 1.97. The smallest absolute Gasteiger partial charge is 0.263 e. The summed E-state index contributed by atoms with van der Waals surface area (Å²) in [6.07, 6.45) is 0. The molecule has 0 bridgehead atoms. The number of halogens is 1. The van der Waals surface area contributed by atoms with Crippen LogP contribution < -0.4 is 5.73 Å². The molecule has 21 heavy (non-hydrogen) atoms. The lowest BCUT2D eigenvalue weighted by Gasteiger charge is -2.19.